The molecule has 0 aliphatic carbocycles. The Balaban J connectivity index is 2.54. The molecule has 1 rings (SSSR count). The van der Waals surface area contributed by atoms with E-state index < -0.39 is 0 Å². The number of nitrogens with one attached hydrogen (secondary N) is 1. The molecule has 5 heteroatoms. The van der Waals surface area contributed by atoms with Gasteiger partial charge in [0.15, 0.2) is 0 Å². The summed E-state index contributed by atoms with van der Waals surface area (Å²) in [6.07, 6.45) is 2.23. The van der Waals surface area contributed by atoms with E-state index in [1.165, 1.54) is 6.33 Å². The summed E-state index contributed by atoms with van der Waals surface area (Å²) in [6.45, 7) is 4.95. The van der Waals surface area contributed by atoms with Gasteiger partial charge in [0, 0.05) is 18.7 Å². The number of aromatic nitrogens is 2. The van der Waals surface area contributed by atoms with E-state index in [1.54, 1.807) is 0 Å². The molecular weight excluding hydrogens is 192 g/mol. The van der Waals surface area contributed by atoms with E-state index in [0.29, 0.717) is 11.7 Å². The van der Waals surface area contributed by atoms with Crippen molar-refractivity contribution in [3.05, 3.63) is 11.9 Å². The smallest absolute Gasteiger partial charge is 0.134 e. The maximum Gasteiger partial charge on any atom is 0.134 e. The Morgan fingerprint density at radius 2 is 2.27 bits per heavy atom. The number of aliphatic hydroxyl groups excluding tert-OH is 1. The van der Waals surface area contributed by atoms with E-state index in [9.17, 15) is 0 Å². The third kappa shape index (κ3) is 3.36. The molecule has 0 saturated heterocycles. The second-order valence-electron chi connectivity index (χ2n) is 3.73. The highest BCUT2D eigenvalue weighted by Crippen LogP contribution is 2.15. The molecule has 0 aromatic carbocycles. The first-order valence-electron chi connectivity index (χ1n) is 5.07. The Morgan fingerprint density at radius 1 is 1.53 bits per heavy atom. The van der Waals surface area contributed by atoms with E-state index in [2.05, 4.69) is 22.2 Å². The van der Waals surface area contributed by atoms with Gasteiger partial charge in [0.05, 0.1) is 0 Å². The SMILES string of the molecule is Cc1c(N)ncnc1NCC(C)CCO. The molecule has 1 unspecified atom stereocenters. The van der Waals surface area contributed by atoms with Crippen molar-refractivity contribution in [1.29, 1.82) is 0 Å². The van der Waals surface area contributed by atoms with Gasteiger partial charge in [-0.1, -0.05) is 6.92 Å². The Kier molecular flexibility index (Phi) is 4.30. The van der Waals surface area contributed by atoms with Gasteiger partial charge in [-0.3, -0.25) is 0 Å². The minimum absolute atomic E-state index is 0.216. The summed E-state index contributed by atoms with van der Waals surface area (Å²) in [5.74, 6) is 1.68. The average molecular weight is 210 g/mol. The molecule has 0 saturated carbocycles. The highest BCUT2D eigenvalue weighted by molar-refractivity contribution is 5.53. The van der Waals surface area contributed by atoms with Crippen LogP contribution in [0.15, 0.2) is 6.33 Å². The van der Waals surface area contributed by atoms with E-state index in [4.69, 9.17) is 10.8 Å². The number of nitrogens with zero attached hydrogens (tertiary/aromatic N) is 2. The zero-order chi connectivity index (χ0) is 11.3. The van der Waals surface area contributed by atoms with Crippen molar-refractivity contribution in [1.82, 2.24) is 9.97 Å². The molecule has 84 valence electrons. The lowest BCUT2D eigenvalue weighted by Gasteiger charge is -2.13. The summed E-state index contributed by atoms with van der Waals surface area (Å²) in [6, 6.07) is 0. The molecule has 5 nitrogen and oxygen atoms in total. The van der Waals surface area contributed by atoms with Crippen LogP contribution in [-0.2, 0) is 0 Å². The third-order valence-corrected chi connectivity index (χ3v) is 2.36. The molecule has 0 aliphatic heterocycles. The Labute approximate surface area is 89.7 Å². The number of rotatable bonds is 5. The molecule has 4 N–H and O–H groups in total. The Hall–Kier alpha value is -1.36. The molecule has 0 spiro atoms. The summed E-state index contributed by atoms with van der Waals surface area (Å²) in [5, 5.41) is 12.0. The molecule has 0 bridgehead atoms. The summed E-state index contributed by atoms with van der Waals surface area (Å²) < 4.78 is 0. The largest absolute Gasteiger partial charge is 0.396 e. The van der Waals surface area contributed by atoms with E-state index in [0.717, 1.165) is 24.3 Å². The predicted molar refractivity (Wildman–Crippen MR) is 60.5 cm³/mol. The molecule has 15 heavy (non-hydrogen) atoms. The van der Waals surface area contributed by atoms with Crippen molar-refractivity contribution in [2.24, 2.45) is 5.92 Å². The van der Waals surface area contributed by atoms with E-state index >= 15 is 0 Å². The summed E-state index contributed by atoms with van der Waals surface area (Å²) >= 11 is 0. The van der Waals surface area contributed by atoms with Crippen LogP contribution in [0, 0.1) is 12.8 Å². The fourth-order valence-electron chi connectivity index (χ4n) is 1.24. The van der Waals surface area contributed by atoms with Gasteiger partial charge in [-0.25, -0.2) is 9.97 Å². The Morgan fingerprint density at radius 3 is 2.93 bits per heavy atom. The average Bonchev–Trinajstić information content (AvgIpc) is 2.21. The second-order valence-corrected chi connectivity index (χ2v) is 3.73. The minimum Gasteiger partial charge on any atom is -0.396 e. The fraction of sp³-hybridized carbons (Fsp3) is 0.600. The van der Waals surface area contributed by atoms with Gasteiger partial charge in [-0.15, -0.1) is 0 Å². The van der Waals surface area contributed by atoms with E-state index in [-0.39, 0.29) is 6.61 Å². The fourth-order valence-corrected chi connectivity index (χ4v) is 1.24. The second kappa shape index (κ2) is 5.50. The maximum absolute atomic E-state index is 8.76. The quantitative estimate of drug-likeness (QED) is 0.669. The summed E-state index contributed by atoms with van der Waals surface area (Å²) in [5.41, 5.74) is 6.52. The molecule has 0 radical (unpaired) electrons. The monoisotopic (exact) mass is 210 g/mol. The highest BCUT2D eigenvalue weighted by atomic mass is 16.3. The first-order chi connectivity index (χ1) is 7.15. The standard InChI is InChI=1S/C10H18N4O/c1-7(3-4-15)5-12-10-8(2)9(11)13-6-14-10/h6-7,15H,3-5H2,1-2H3,(H3,11,12,13,14). The van der Waals surface area contributed by atoms with Gasteiger partial charge in [-0.05, 0) is 19.3 Å². The zero-order valence-electron chi connectivity index (χ0n) is 9.20. The van der Waals surface area contributed by atoms with Gasteiger partial charge in [0.2, 0.25) is 0 Å². The summed E-state index contributed by atoms with van der Waals surface area (Å²) in [7, 11) is 0. The summed E-state index contributed by atoms with van der Waals surface area (Å²) in [4.78, 5) is 8.00. The zero-order valence-corrected chi connectivity index (χ0v) is 9.20. The van der Waals surface area contributed by atoms with Crippen LogP contribution in [0.4, 0.5) is 11.6 Å². The molecule has 1 heterocycles. The first-order valence-corrected chi connectivity index (χ1v) is 5.07. The van der Waals surface area contributed by atoms with Crippen LogP contribution >= 0.6 is 0 Å². The maximum atomic E-state index is 8.76. The number of nitrogen functional groups attached to an aromatic ring is 1. The number of aliphatic hydroxyl groups is 1. The van der Waals surface area contributed by atoms with Crippen molar-refractivity contribution in [3.63, 3.8) is 0 Å². The van der Waals surface area contributed by atoms with Crippen molar-refractivity contribution in [3.8, 4) is 0 Å². The molecule has 0 fully saturated rings. The van der Waals surface area contributed by atoms with Gasteiger partial charge in [0.1, 0.15) is 18.0 Å². The van der Waals surface area contributed by atoms with Crippen LogP contribution in [0.1, 0.15) is 18.9 Å². The van der Waals surface area contributed by atoms with Crippen molar-refractivity contribution in [2.45, 2.75) is 20.3 Å². The molecule has 1 atom stereocenters. The molecule has 0 aliphatic rings. The molecular formula is C10H18N4O. The molecule has 1 aromatic rings. The number of hydrogen-bond acceptors (Lipinski definition) is 5. The van der Waals surface area contributed by atoms with Crippen molar-refractivity contribution >= 4 is 11.6 Å². The lowest BCUT2D eigenvalue weighted by atomic mass is 10.1. The van der Waals surface area contributed by atoms with E-state index in [1.807, 2.05) is 6.92 Å². The van der Waals surface area contributed by atoms with Crippen LogP contribution in [0.25, 0.3) is 0 Å². The van der Waals surface area contributed by atoms with Crippen LogP contribution in [-0.4, -0.2) is 28.2 Å². The van der Waals surface area contributed by atoms with Crippen LogP contribution in [0.3, 0.4) is 0 Å². The van der Waals surface area contributed by atoms with Crippen LogP contribution in [0.2, 0.25) is 0 Å². The topological polar surface area (TPSA) is 84.1 Å². The molecule has 0 amide bonds. The lowest BCUT2D eigenvalue weighted by molar-refractivity contribution is 0.266. The molecule has 1 aromatic heterocycles. The van der Waals surface area contributed by atoms with Crippen molar-refractivity contribution in [2.75, 3.05) is 24.2 Å². The Bertz CT molecular complexity index is 316. The highest BCUT2D eigenvalue weighted by Gasteiger charge is 2.05. The predicted octanol–water partition coefficient (Wildman–Crippen LogP) is 0.798. The number of nitrogens with two attached hydrogens (primary N) is 1. The van der Waals surface area contributed by atoms with Crippen LogP contribution in [0.5, 0.6) is 0 Å². The lowest BCUT2D eigenvalue weighted by Crippen LogP contribution is -2.14. The van der Waals surface area contributed by atoms with Gasteiger partial charge in [0.25, 0.3) is 0 Å². The number of anilines is 2. The van der Waals surface area contributed by atoms with Gasteiger partial charge in [-0.2, -0.15) is 0 Å². The minimum atomic E-state index is 0.216. The third-order valence-electron chi connectivity index (χ3n) is 2.36. The van der Waals surface area contributed by atoms with Crippen molar-refractivity contribution < 1.29 is 5.11 Å². The number of hydrogen-bond donors (Lipinski definition) is 3. The first kappa shape index (κ1) is 11.7. The van der Waals surface area contributed by atoms with Gasteiger partial charge < -0.3 is 16.2 Å². The van der Waals surface area contributed by atoms with Crippen LogP contribution < -0.4 is 11.1 Å². The normalized spacial score (nSPS) is 12.5. The van der Waals surface area contributed by atoms with Gasteiger partial charge >= 0.3 is 0 Å².